The van der Waals surface area contributed by atoms with Gasteiger partial charge in [0.25, 0.3) is 5.65 Å². The quantitative estimate of drug-likeness (QED) is 0.178. The molecule has 6 heteroatoms. The third-order valence-electron chi connectivity index (χ3n) is 13.0. The second kappa shape index (κ2) is 7.48. The number of rotatable bonds is 2. The fourth-order valence-electron chi connectivity index (χ4n) is 8.67. The highest BCUT2D eigenvalue weighted by Gasteiger charge is 2.60. The molecule has 220 valence electrons. The molecular weight excluding hydrogens is 504 g/mol. The van der Waals surface area contributed by atoms with Gasteiger partial charge in [-0.05, 0) is 59.3 Å². The van der Waals surface area contributed by atoms with Gasteiger partial charge >= 0.3 is 0 Å². The van der Waals surface area contributed by atoms with E-state index in [0.717, 1.165) is 40.8 Å². The van der Waals surface area contributed by atoms with E-state index in [1.54, 1.807) is 0 Å². The minimum absolute atomic E-state index is 0.00555. The first kappa shape index (κ1) is 28.1. The summed E-state index contributed by atoms with van der Waals surface area (Å²) in [4.78, 5) is 5.38. The summed E-state index contributed by atoms with van der Waals surface area (Å²) < 4.78 is 5.08. The van der Waals surface area contributed by atoms with Gasteiger partial charge in [-0.2, -0.15) is 4.40 Å². The van der Waals surface area contributed by atoms with Gasteiger partial charge in [0, 0.05) is 16.4 Å². The van der Waals surface area contributed by atoms with Crippen molar-refractivity contribution < 1.29 is 4.57 Å². The fourth-order valence-corrected chi connectivity index (χ4v) is 8.67. The van der Waals surface area contributed by atoms with E-state index in [1.165, 1.54) is 22.2 Å². The molecule has 0 fully saturated rings. The number of benzene rings is 2. The van der Waals surface area contributed by atoms with Crippen molar-refractivity contribution in [2.45, 2.75) is 130 Å². The summed E-state index contributed by atoms with van der Waals surface area (Å²) in [5.41, 5.74) is 29.5. The second-order valence-electron chi connectivity index (χ2n) is 16.1. The van der Waals surface area contributed by atoms with Crippen LogP contribution < -0.4 is 21.8 Å². The van der Waals surface area contributed by atoms with Gasteiger partial charge in [-0.15, -0.1) is 0 Å². The smallest absolute Gasteiger partial charge is 0.299 e. The topological polar surface area (TPSA) is 99.2 Å². The Kier molecular flexibility index (Phi) is 5.13. The first-order chi connectivity index (χ1) is 18.7. The molecule has 3 heterocycles. The molecule has 0 spiro atoms. The molecular formula is C35H51N6+. The van der Waals surface area contributed by atoms with Gasteiger partial charge in [0.2, 0.25) is 5.82 Å². The molecule has 2 aliphatic rings. The van der Waals surface area contributed by atoms with Gasteiger partial charge in [-0.25, -0.2) is 9.55 Å². The molecule has 0 bridgehead atoms. The average Bonchev–Trinajstić information content (AvgIpc) is 3.27. The van der Waals surface area contributed by atoms with Crippen molar-refractivity contribution in [3.05, 3.63) is 34.6 Å². The normalized spacial score (nSPS) is 26.0. The maximum atomic E-state index is 6.95. The Morgan fingerprint density at radius 3 is 1.88 bits per heavy atom. The largest absolute Gasteiger partial charge is 0.397 e. The number of fused-ring (bicyclic) bond motifs is 4. The molecule has 1 aliphatic carbocycles. The van der Waals surface area contributed by atoms with E-state index in [9.17, 15) is 0 Å². The van der Waals surface area contributed by atoms with E-state index in [0.29, 0.717) is 17.1 Å². The molecule has 0 radical (unpaired) electrons. The van der Waals surface area contributed by atoms with Gasteiger partial charge in [0.1, 0.15) is 11.1 Å². The Balaban J connectivity index is 2.02. The molecule has 6 rings (SSSR count). The summed E-state index contributed by atoms with van der Waals surface area (Å²) in [7, 11) is 0. The Bertz CT molecular complexity index is 1830. The molecule has 2 aromatic carbocycles. The van der Waals surface area contributed by atoms with Crippen molar-refractivity contribution in [1.29, 1.82) is 0 Å². The van der Waals surface area contributed by atoms with E-state index in [2.05, 4.69) is 111 Å². The van der Waals surface area contributed by atoms with Gasteiger partial charge < -0.3 is 17.2 Å². The Labute approximate surface area is 245 Å². The molecule has 4 aromatic rings. The van der Waals surface area contributed by atoms with Crippen LogP contribution in [0.2, 0.25) is 0 Å². The number of nitrogens with zero attached hydrogens (tertiary/aromatic N) is 3. The molecule has 2 aromatic heterocycles. The highest BCUT2D eigenvalue weighted by molar-refractivity contribution is 6.10. The molecule has 6 N–H and O–H groups in total. The highest BCUT2D eigenvalue weighted by atomic mass is 15.2. The third kappa shape index (κ3) is 2.76. The van der Waals surface area contributed by atoms with Crippen LogP contribution in [0.5, 0.6) is 0 Å². The number of imidazole rings is 1. The van der Waals surface area contributed by atoms with Crippen molar-refractivity contribution in [3.63, 3.8) is 0 Å². The lowest BCUT2D eigenvalue weighted by molar-refractivity contribution is -0.728. The van der Waals surface area contributed by atoms with Gasteiger partial charge in [-0.3, -0.25) is 0 Å². The van der Waals surface area contributed by atoms with Gasteiger partial charge in [0.05, 0.1) is 22.4 Å². The van der Waals surface area contributed by atoms with Crippen molar-refractivity contribution >= 4 is 44.6 Å². The van der Waals surface area contributed by atoms with Crippen molar-refractivity contribution in [3.8, 4) is 0 Å². The Morgan fingerprint density at radius 1 is 0.805 bits per heavy atom. The number of hydrogen-bond acceptors (Lipinski definition) is 4. The number of nitrogen functional groups attached to an aromatic ring is 3. The van der Waals surface area contributed by atoms with E-state index >= 15 is 0 Å². The van der Waals surface area contributed by atoms with Crippen molar-refractivity contribution in [2.75, 3.05) is 17.2 Å². The predicted molar refractivity (Wildman–Crippen MR) is 174 cm³/mol. The van der Waals surface area contributed by atoms with Crippen LogP contribution in [0.15, 0.2) is 12.1 Å². The fraction of sp³-hybridized carbons (Fsp3) is 0.600. The van der Waals surface area contributed by atoms with Crippen LogP contribution in [-0.2, 0) is 27.2 Å². The van der Waals surface area contributed by atoms with Crippen LogP contribution in [0.1, 0.15) is 125 Å². The molecule has 0 amide bonds. The summed E-state index contributed by atoms with van der Waals surface area (Å²) in [6.07, 6.45) is 1.84. The lowest BCUT2D eigenvalue weighted by Gasteiger charge is -2.47. The number of aromatic nitrogens is 3. The molecule has 1 aliphatic heterocycles. The first-order valence-electron chi connectivity index (χ1n) is 15.4. The monoisotopic (exact) mass is 555 g/mol. The van der Waals surface area contributed by atoms with Crippen LogP contribution in [0.4, 0.5) is 17.1 Å². The highest BCUT2D eigenvalue weighted by Crippen LogP contribution is 2.62. The molecule has 0 saturated carbocycles. The summed E-state index contributed by atoms with van der Waals surface area (Å²) in [6, 6.07) is 5.01. The summed E-state index contributed by atoms with van der Waals surface area (Å²) in [5, 5.41) is 1.05. The molecule has 6 nitrogen and oxygen atoms in total. The lowest BCUT2D eigenvalue weighted by Crippen LogP contribution is -2.66. The van der Waals surface area contributed by atoms with E-state index in [-0.39, 0.29) is 32.6 Å². The molecule has 41 heavy (non-hydrogen) atoms. The number of anilines is 3. The van der Waals surface area contributed by atoms with Crippen LogP contribution in [0, 0.1) is 5.41 Å². The van der Waals surface area contributed by atoms with Gasteiger partial charge in [-0.1, -0.05) is 83.1 Å². The van der Waals surface area contributed by atoms with E-state index < -0.39 is 0 Å². The number of hydrogen-bond donors (Lipinski definition) is 3. The second-order valence-corrected chi connectivity index (χ2v) is 16.1. The standard InChI is InChI=1S/C35H50N6/c1-14-34(12)23-22-27(26(38)25(37)24(23)36)39-29(30(3,4)5)40-20-16-18-19(32(8,9)33(10,11)31(18,6)7)17-21(20)41(28(22)40)35(34,13)15-2/h16-17,37H,14-15,36,38H2,1-13H3/p+1. The number of nitrogens with two attached hydrogens (primary N) is 3. The predicted octanol–water partition coefficient (Wildman–Crippen LogP) is 7.37. The van der Waals surface area contributed by atoms with Crippen molar-refractivity contribution in [1.82, 2.24) is 9.38 Å². The zero-order chi connectivity index (χ0) is 30.6. The maximum Gasteiger partial charge on any atom is 0.299 e. The molecule has 2 unspecified atom stereocenters. The minimum atomic E-state index is -0.295. The Morgan fingerprint density at radius 2 is 1.37 bits per heavy atom. The van der Waals surface area contributed by atoms with E-state index in [4.69, 9.17) is 22.2 Å². The third-order valence-corrected chi connectivity index (χ3v) is 13.0. The summed E-state index contributed by atoms with van der Waals surface area (Å²) in [5.74, 6) is 0.985. The van der Waals surface area contributed by atoms with Crippen LogP contribution >= 0.6 is 0 Å². The van der Waals surface area contributed by atoms with Gasteiger partial charge in [0.15, 0.2) is 11.0 Å². The minimum Gasteiger partial charge on any atom is -0.397 e. The maximum absolute atomic E-state index is 6.95. The summed E-state index contributed by atoms with van der Waals surface area (Å²) in [6.45, 7) is 30.6. The zero-order valence-electron chi connectivity index (χ0n) is 27.6. The SMILES string of the molecule is CCC1(C)c2c(N)c(N)c(N)c3nc(C(C)(C)C)n4c5cc6c(cc5[n+](c4c23)C1(C)CC)C(C)(C)C(C)(C)C6(C)C. The summed E-state index contributed by atoms with van der Waals surface area (Å²) >= 11 is 0. The van der Waals surface area contributed by atoms with E-state index in [1.807, 2.05) is 0 Å². The van der Waals surface area contributed by atoms with Crippen LogP contribution in [0.3, 0.4) is 0 Å². The van der Waals surface area contributed by atoms with Crippen LogP contribution in [0.25, 0.3) is 27.6 Å². The average molecular weight is 556 g/mol. The molecule has 0 saturated heterocycles. The zero-order valence-corrected chi connectivity index (χ0v) is 27.6. The first-order valence-corrected chi connectivity index (χ1v) is 15.4. The molecule has 2 atom stereocenters. The van der Waals surface area contributed by atoms with Crippen LogP contribution in [-0.4, -0.2) is 9.38 Å². The Hall–Kier alpha value is -3.02. The van der Waals surface area contributed by atoms with Crippen molar-refractivity contribution in [2.24, 2.45) is 5.41 Å². The lowest BCUT2D eigenvalue weighted by atomic mass is 9.59.